The Morgan fingerprint density at radius 1 is 1.58 bits per heavy atom. The SMILES string of the molecule is C[C@@H]1CN(CCC(=O)Nc2cccc(Cl)c2)CCN1. The number of halogens is 1. The normalized spacial score (nSPS) is 20.2. The van der Waals surface area contributed by atoms with Gasteiger partial charge in [0.05, 0.1) is 0 Å². The van der Waals surface area contributed by atoms with Gasteiger partial charge in [-0.3, -0.25) is 4.79 Å². The second-order valence-electron chi connectivity index (χ2n) is 4.96. The van der Waals surface area contributed by atoms with Crippen molar-refractivity contribution in [1.82, 2.24) is 10.2 Å². The second kappa shape index (κ2) is 6.89. The predicted molar refractivity (Wildman–Crippen MR) is 78.6 cm³/mol. The third-order valence-electron chi connectivity index (χ3n) is 3.22. The van der Waals surface area contributed by atoms with Gasteiger partial charge in [0.2, 0.25) is 5.91 Å². The van der Waals surface area contributed by atoms with Gasteiger partial charge in [-0.2, -0.15) is 0 Å². The van der Waals surface area contributed by atoms with E-state index in [-0.39, 0.29) is 5.91 Å². The van der Waals surface area contributed by atoms with Crippen LogP contribution in [0, 0.1) is 0 Å². The molecule has 1 aliphatic rings. The number of anilines is 1. The Morgan fingerprint density at radius 2 is 2.42 bits per heavy atom. The molecule has 0 aliphatic carbocycles. The van der Waals surface area contributed by atoms with Gasteiger partial charge < -0.3 is 15.5 Å². The number of hydrogen-bond acceptors (Lipinski definition) is 3. The van der Waals surface area contributed by atoms with Crippen molar-refractivity contribution in [3.63, 3.8) is 0 Å². The fourth-order valence-electron chi connectivity index (χ4n) is 2.26. The van der Waals surface area contributed by atoms with E-state index in [1.165, 1.54) is 0 Å². The lowest BCUT2D eigenvalue weighted by atomic mass is 10.2. The molecule has 0 radical (unpaired) electrons. The van der Waals surface area contributed by atoms with Crippen LogP contribution in [0.2, 0.25) is 5.02 Å². The Labute approximate surface area is 119 Å². The van der Waals surface area contributed by atoms with Crippen molar-refractivity contribution >= 4 is 23.2 Å². The third kappa shape index (κ3) is 4.82. The van der Waals surface area contributed by atoms with Crippen molar-refractivity contribution in [3.05, 3.63) is 29.3 Å². The fraction of sp³-hybridized carbons (Fsp3) is 0.500. The summed E-state index contributed by atoms with van der Waals surface area (Å²) in [7, 11) is 0. The van der Waals surface area contributed by atoms with Gasteiger partial charge in [0.15, 0.2) is 0 Å². The smallest absolute Gasteiger partial charge is 0.225 e. The number of piperazine rings is 1. The van der Waals surface area contributed by atoms with Crippen LogP contribution in [0.4, 0.5) is 5.69 Å². The van der Waals surface area contributed by atoms with Crippen LogP contribution in [0.1, 0.15) is 13.3 Å². The maximum absolute atomic E-state index is 11.9. The Bertz CT molecular complexity index is 438. The highest BCUT2D eigenvalue weighted by atomic mass is 35.5. The zero-order chi connectivity index (χ0) is 13.7. The van der Waals surface area contributed by atoms with E-state index >= 15 is 0 Å². The van der Waals surface area contributed by atoms with Crippen LogP contribution in [0.15, 0.2) is 24.3 Å². The largest absolute Gasteiger partial charge is 0.326 e. The molecular weight excluding hydrogens is 262 g/mol. The molecule has 104 valence electrons. The Balaban J connectivity index is 1.75. The maximum Gasteiger partial charge on any atom is 0.225 e. The first-order valence-corrected chi connectivity index (χ1v) is 7.02. The minimum Gasteiger partial charge on any atom is -0.326 e. The topological polar surface area (TPSA) is 44.4 Å². The molecule has 0 bridgehead atoms. The summed E-state index contributed by atoms with van der Waals surface area (Å²) in [5.41, 5.74) is 0.756. The number of benzene rings is 1. The lowest BCUT2D eigenvalue weighted by Crippen LogP contribution is -2.49. The molecule has 0 unspecified atom stereocenters. The molecule has 2 N–H and O–H groups in total. The molecule has 2 rings (SSSR count). The molecule has 0 spiro atoms. The van der Waals surface area contributed by atoms with Gasteiger partial charge in [-0.05, 0) is 25.1 Å². The van der Waals surface area contributed by atoms with Gasteiger partial charge in [0.25, 0.3) is 0 Å². The highest BCUT2D eigenvalue weighted by molar-refractivity contribution is 6.30. The minimum absolute atomic E-state index is 0.0356. The van der Waals surface area contributed by atoms with Gasteiger partial charge in [-0.1, -0.05) is 17.7 Å². The number of carbonyl (C=O) groups excluding carboxylic acids is 1. The zero-order valence-electron chi connectivity index (χ0n) is 11.2. The molecule has 1 atom stereocenters. The molecule has 1 amide bonds. The number of amides is 1. The summed E-state index contributed by atoms with van der Waals surface area (Å²) in [4.78, 5) is 14.2. The van der Waals surface area contributed by atoms with E-state index in [1.807, 2.05) is 12.1 Å². The molecule has 19 heavy (non-hydrogen) atoms. The van der Waals surface area contributed by atoms with E-state index in [1.54, 1.807) is 12.1 Å². The van der Waals surface area contributed by atoms with Gasteiger partial charge in [-0.15, -0.1) is 0 Å². The van der Waals surface area contributed by atoms with Gasteiger partial charge >= 0.3 is 0 Å². The average Bonchev–Trinajstić information content (AvgIpc) is 2.36. The van der Waals surface area contributed by atoms with E-state index < -0.39 is 0 Å². The minimum atomic E-state index is 0.0356. The van der Waals surface area contributed by atoms with Crippen LogP contribution in [-0.4, -0.2) is 43.0 Å². The molecule has 0 saturated carbocycles. The number of nitrogens with zero attached hydrogens (tertiary/aromatic N) is 1. The van der Waals surface area contributed by atoms with E-state index in [4.69, 9.17) is 11.6 Å². The number of carbonyl (C=O) groups is 1. The lowest BCUT2D eigenvalue weighted by molar-refractivity contribution is -0.116. The monoisotopic (exact) mass is 281 g/mol. The van der Waals surface area contributed by atoms with Gasteiger partial charge in [0, 0.05) is 49.4 Å². The first-order chi connectivity index (χ1) is 9.13. The standard InChI is InChI=1S/C14H20ClN3O/c1-11-10-18(8-6-16-11)7-5-14(19)17-13-4-2-3-12(15)9-13/h2-4,9,11,16H,5-8,10H2,1H3,(H,17,19)/t11-/m1/s1. The van der Waals surface area contributed by atoms with Crippen molar-refractivity contribution in [1.29, 1.82) is 0 Å². The summed E-state index contributed by atoms with van der Waals surface area (Å²) in [6.45, 7) is 5.98. The number of hydrogen-bond donors (Lipinski definition) is 2. The average molecular weight is 282 g/mol. The van der Waals surface area contributed by atoms with Crippen LogP contribution in [0.3, 0.4) is 0 Å². The van der Waals surface area contributed by atoms with E-state index in [0.717, 1.165) is 31.9 Å². The van der Waals surface area contributed by atoms with Crippen LogP contribution in [0.25, 0.3) is 0 Å². The Morgan fingerprint density at radius 3 is 3.16 bits per heavy atom. The first kappa shape index (κ1) is 14.3. The fourth-order valence-corrected chi connectivity index (χ4v) is 2.45. The third-order valence-corrected chi connectivity index (χ3v) is 3.45. The summed E-state index contributed by atoms with van der Waals surface area (Å²) in [5.74, 6) is 0.0356. The predicted octanol–water partition coefficient (Wildman–Crippen LogP) is 1.96. The van der Waals surface area contributed by atoms with Crippen molar-refractivity contribution in [2.45, 2.75) is 19.4 Å². The van der Waals surface area contributed by atoms with Crippen molar-refractivity contribution in [3.8, 4) is 0 Å². The molecule has 4 nitrogen and oxygen atoms in total. The molecule has 1 aromatic rings. The molecule has 1 heterocycles. The first-order valence-electron chi connectivity index (χ1n) is 6.64. The number of nitrogens with one attached hydrogen (secondary N) is 2. The van der Waals surface area contributed by atoms with E-state index in [2.05, 4.69) is 22.5 Å². The van der Waals surface area contributed by atoms with Crippen LogP contribution in [-0.2, 0) is 4.79 Å². The molecular formula is C14H20ClN3O. The maximum atomic E-state index is 11.9. The van der Waals surface area contributed by atoms with E-state index in [9.17, 15) is 4.79 Å². The molecule has 1 aliphatic heterocycles. The van der Waals surface area contributed by atoms with Crippen molar-refractivity contribution in [2.24, 2.45) is 0 Å². The lowest BCUT2D eigenvalue weighted by Gasteiger charge is -2.31. The summed E-state index contributed by atoms with van der Waals surface area (Å²) in [6.07, 6.45) is 0.513. The van der Waals surface area contributed by atoms with Gasteiger partial charge in [-0.25, -0.2) is 0 Å². The van der Waals surface area contributed by atoms with E-state index in [0.29, 0.717) is 17.5 Å². The van der Waals surface area contributed by atoms with Crippen molar-refractivity contribution < 1.29 is 4.79 Å². The van der Waals surface area contributed by atoms with Gasteiger partial charge in [0.1, 0.15) is 0 Å². The van der Waals surface area contributed by atoms with Crippen LogP contribution >= 0.6 is 11.6 Å². The zero-order valence-corrected chi connectivity index (χ0v) is 11.9. The summed E-state index contributed by atoms with van der Waals surface area (Å²) in [5, 5.41) is 6.89. The highest BCUT2D eigenvalue weighted by Crippen LogP contribution is 2.15. The number of rotatable bonds is 4. The molecule has 5 heteroatoms. The Kier molecular flexibility index (Phi) is 5.19. The summed E-state index contributed by atoms with van der Waals surface area (Å²) < 4.78 is 0. The molecule has 1 fully saturated rings. The summed E-state index contributed by atoms with van der Waals surface area (Å²) >= 11 is 5.88. The Hall–Kier alpha value is -1.10. The second-order valence-corrected chi connectivity index (χ2v) is 5.40. The van der Waals surface area contributed by atoms with Crippen LogP contribution < -0.4 is 10.6 Å². The molecule has 1 aromatic carbocycles. The quantitative estimate of drug-likeness (QED) is 0.887. The van der Waals surface area contributed by atoms with Crippen molar-refractivity contribution in [2.75, 3.05) is 31.5 Å². The molecule has 0 aromatic heterocycles. The molecule has 1 saturated heterocycles. The highest BCUT2D eigenvalue weighted by Gasteiger charge is 2.16. The van der Waals surface area contributed by atoms with Crippen LogP contribution in [0.5, 0.6) is 0 Å². The summed E-state index contributed by atoms with van der Waals surface area (Å²) in [6, 6.07) is 7.72.